The molecule has 0 aromatic heterocycles. The van der Waals surface area contributed by atoms with Crippen LogP contribution in [-0.2, 0) is 23.8 Å². The van der Waals surface area contributed by atoms with E-state index in [1.807, 2.05) is 0 Å². The van der Waals surface area contributed by atoms with E-state index in [0.717, 1.165) is 0 Å². The van der Waals surface area contributed by atoms with Crippen molar-refractivity contribution in [3.8, 4) is 0 Å². The summed E-state index contributed by atoms with van der Waals surface area (Å²) in [4.78, 5) is 48.6. The molecule has 1 saturated heterocycles. The number of hydrogen-bond donors (Lipinski definition) is 2. The quantitative estimate of drug-likeness (QED) is 0.519. The Balaban J connectivity index is 1.88. The van der Waals surface area contributed by atoms with E-state index in [1.165, 1.54) is 18.2 Å². The number of rotatable bonds is 7. The number of carboxylic acid groups (broad SMARTS) is 1. The zero-order valence-electron chi connectivity index (χ0n) is 15.9. The fourth-order valence-electron chi connectivity index (χ4n) is 3.50. The van der Waals surface area contributed by atoms with Gasteiger partial charge in [0.1, 0.15) is 5.92 Å². The molecule has 0 saturated carbocycles. The van der Waals surface area contributed by atoms with E-state index >= 15 is 0 Å². The molecule has 2 N–H and O–H groups in total. The van der Waals surface area contributed by atoms with Crippen LogP contribution in [0.5, 0.6) is 0 Å². The van der Waals surface area contributed by atoms with E-state index in [0.29, 0.717) is 0 Å². The lowest BCUT2D eigenvalue weighted by molar-refractivity contribution is -0.145. The maximum atomic E-state index is 12.8. The second kappa shape index (κ2) is 8.44. The average Bonchev–Trinajstić information content (AvgIpc) is 3.29. The van der Waals surface area contributed by atoms with Crippen molar-refractivity contribution in [1.29, 1.82) is 0 Å². The van der Waals surface area contributed by atoms with Gasteiger partial charge >= 0.3 is 17.9 Å². The van der Waals surface area contributed by atoms with Gasteiger partial charge in [-0.25, -0.2) is 9.59 Å². The van der Waals surface area contributed by atoms with Gasteiger partial charge in [-0.15, -0.1) is 0 Å². The van der Waals surface area contributed by atoms with Crippen molar-refractivity contribution in [3.63, 3.8) is 0 Å². The molecule has 2 aliphatic heterocycles. The first-order valence-corrected chi connectivity index (χ1v) is 9.22. The molecule has 0 spiro atoms. The fraction of sp³-hybridized carbons (Fsp3) is 0.400. The van der Waals surface area contributed by atoms with Crippen molar-refractivity contribution >= 4 is 29.5 Å². The smallest absolute Gasteiger partial charge is 0.338 e. The molecule has 1 amide bonds. The normalized spacial score (nSPS) is 24.2. The number of carbonyl (C=O) groups is 4. The highest BCUT2D eigenvalue weighted by atomic mass is 16.5. The van der Waals surface area contributed by atoms with Gasteiger partial charge in [-0.3, -0.25) is 9.59 Å². The minimum atomic E-state index is -1.13. The lowest BCUT2D eigenvalue weighted by Crippen LogP contribution is -2.39. The largest absolute Gasteiger partial charge is 0.481 e. The summed E-state index contributed by atoms with van der Waals surface area (Å²) in [5.41, 5.74) is 0.276. The Morgan fingerprint density at radius 1 is 0.931 bits per heavy atom. The van der Waals surface area contributed by atoms with Gasteiger partial charge in [0.15, 0.2) is 0 Å². The molecule has 0 aliphatic carbocycles. The van der Waals surface area contributed by atoms with Crippen molar-refractivity contribution in [2.45, 2.75) is 26.1 Å². The lowest BCUT2D eigenvalue weighted by Gasteiger charge is -2.21. The summed E-state index contributed by atoms with van der Waals surface area (Å²) in [5, 5.41) is 12.1. The van der Waals surface area contributed by atoms with Crippen LogP contribution in [0.4, 0.5) is 5.69 Å². The number of ether oxygens (including phenoxy) is 3. The van der Waals surface area contributed by atoms with Crippen LogP contribution in [0.15, 0.2) is 30.4 Å². The number of anilines is 1. The number of nitrogens with one attached hydrogen (secondary N) is 1. The molecule has 1 aromatic rings. The molecule has 29 heavy (non-hydrogen) atoms. The monoisotopic (exact) mass is 403 g/mol. The van der Waals surface area contributed by atoms with E-state index < -0.39 is 47.9 Å². The summed E-state index contributed by atoms with van der Waals surface area (Å²) in [6.07, 6.45) is 1.99. The maximum absolute atomic E-state index is 12.8. The number of hydrogen-bond acceptors (Lipinski definition) is 7. The summed E-state index contributed by atoms with van der Waals surface area (Å²) in [6.45, 7) is 3.56. The Morgan fingerprint density at radius 3 is 1.93 bits per heavy atom. The SMILES string of the molecule is CCOC(=O)c1cc(NC(=O)[C@@H]2[C@@H](C(=O)O)[C@@H]3C=C[C@@H]2O3)cc(C(=O)OCC)c1. The van der Waals surface area contributed by atoms with E-state index in [-0.39, 0.29) is 30.0 Å². The van der Waals surface area contributed by atoms with Gasteiger partial charge < -0.3 is 24.6 Å². The zero-order chi connectivity index (χ0) is 21.1. The molecule has 0 unspecified atom stereocenters. The number of esters is 2. The summed E-state index contributed by atoms with van der Waals surface area (Å²) in [5.74, 6) is -4.98. The number of benzene rings is 1. The maximum Gasteiger partial charge on any atom is 0.338 e. The van der Waals surface area contributed by atoms with Crippen molar-refractivity contribution < 1.29 is 38.5 Å². The van der Waals surface area contributed by atoms with Gasteiger partial charge in [-0.05, 0) is 32.0 Å². The molecule has 9 nitrogen and oxygen atoms in total. The van der Waals surface area contributed by atoms with E-state index in [4.69, 9.17) is 14.2 Å². The molecule has 2 aliphatic rings. The Kier molecular flexibility index (Phi) is 5.97. The first-order chi connectivity index (χ1) is 13.8. The Bertz CT molecular complexity index is 841. The van der Waals surface area contributed by atoms with Gasteiger partial charge in [0.2, 0.25) is 5.91 Å². The lowest BCUT2D eigenvalue weighted by atomic mass is 9.82. The Labute approximate surface area is 166 Å². The fourth-order valence-corrected chi connectivity index (χ4v) is 3.50. The van der Waals surface area contributed by atoms with Crippen LogP contribution in [0.3, 0.4) is 0 Å². The minimum Gasteiger partial charge on any atom is -0.481 e. The van der Waals surface area contributed by atoms with Crippen molar-refractivity contribution in [1.82, 2.24) is 0 Å². The van der Waals surface area contributed by atoms with Crippen molar-refractivity contribution in [2.24, 2.45) is 11.8 Å². The van der Waals surface area contributed by atoms with E-state index in [2.05, 4.69) is 5.32 Å². The standard InChI is InChI=1S/C20H21NO8/c1-3-27-19(25)10-7-11(20(26)28-4-2)9-12(8-10)21-17(22)15-13-5-6-14(29-13)16(15)18(23)24/h5-9,13-16H,3-4H2,1-2H3,(H,21,22)(H,23,24)/t13-,14-,15-,16-/m0/s1. The summed E-state index contributed by atoms with van der Waals surface area (Å²) in [6, 6.07) is 4.03. The van der Waals surface area contributed by atoms with Crippen LogP contribution < -0.4 is 5.32 Å². The number of fused-ring (bicyclic) bond motifs is 2. The molecule has 1 aromatic carbocycles. The Hall–Kier alpha value is -3.20. The first kappa shape index (κ1) is 20.5. The molecular formula is C20H21NO8. The van der Waals surface area contributed by atoms with Crippen LogP contribution in [0.2, 0.25) is 0 Å². The number of carbonyl (C=O) groups excluding carboxylic acids is 3. The topological polar surface area (TPSA) is 128 Å². The van der Waals surface area contributed by atoms with Gasteiger partial charge in [-0.2, -0.15) is 0 Å². The van der Waals surface area contributed by atoms with E-state index in [9.17, 15) is 24.3 Å². The van der Waals surface area contributed by atoms with Gasteiger partial charge in [0.25, 0.3) is 0 Å². The first-order valence-electron chi connectivity index (χ1n) is 9.22. The third kappa shape index (κ3) is 4.14. The highest BCUT2D eigenvalue weighted by Gasteiger charge is 2.53. The second-order valence-corrected chi connectivity index (χ2v) is 6.57. The average molecular weight is 403 g/mol. The van der Waals surface area contributed by atoms with Gasteiger partial charge in [0.05, 0.1) is 42.5 Å². The minimum absolute atomic E-state index is 0.0616. The predicted molar refractivity (Wildman–Crippen MR) is 99.4 cm³/mol. The third-order valence-corrected chi connectivity index (χ3v) is 4.71. The predicted octanol–water partition coefficient (Wildman–Crippen LogP) is 1.63. The zero-order valence-corrected chi connectivity index (χ0v) is 15.9. The number of amides is 1. The molecule has 154 valence electrons. The molecule has 0 radical (unpaired) electrons. The Morgan fingerprint density at radius 2 is 1.45 bits per heavy atom. The summed E-state index contributed by atoms with van der Waals surface area (Å²) >= 11 is 0. The van der Waals surface area contributed by atoms with Crippen LogP contribution in [0.25, 0.3) is 0 Å². The summed E-state index contributed by atoms with van der Waals surface area (Å²) < 4.78 is 15.4. The highest BCUT2D eigenvalue weighted by Crippen LogP contribution is 2.40. The van der Waals surface area contributed by atoms with E-state index in [1.54, 1.807) is 26.0 Å². The third-order valence-electron chi connectivity index (χ3n) is 4.71. The van der Waals surface area contributed by atoms with Crippen LogP contribution in [0.1, 0.15) is 34.6 Å². The van der Waals surface area contributed by atoms with Crippen molar-refractivity contribution in [2.75, 3.05) is 18.5 Å². The van der Waals surface area contributed by atoms with Crippen molar-refractivity contribution in [3.05, 3.63) is 41.5 Å². The molecule has 4 atom stereocenters. The molecular weight excluding hydrogens is 382 g/mol. The van der Waals surface area contributed by atoms with Crippen LogP contribution in [0, 0.1) is 11.8 Å². The molecule has 3 rings (SSSR count). The molecule has 1 fully saturated rings. The molecule has 9 heteroatoms. The number of carboxylic acids is 1. The molecule has 2 heterocycles. The second-order valence-electron chi connectivity index (χ2n) is 6.57. The summed E-state index contributed by atoms with van der Waals surface area (Å²) in [7, 11) is 0. The van der Waals surface area contributed by atoms with Gasteiger partial charge in [-0.1, -0.05) is 12.2 Å². The van der Waals surface area contributed by atoms with Gasteiger partial charge in [0, 0.05) is 5.69 Å². The highest BCUT2D eigenvalue weighted by molar-refractivity contribution is 6.01. The van der Waals surface area contributed by atoms with Crippen LogP contribution >= 0.6 is 0 Å². The number of aliphatic carboxylic acids is 1. The molecule has 2 bridgehead atoms. The van der Waals surface area contributed by atoms with Crippen LogP contribution in [-0.4, -0.2) is 54.3 Å².